The van der Waals surface area contributed by atoms with Crippen molar-refractivity contribution in [3.05, 3.63) is 45.5 Å². The molecular weight excluding hydrogens is 260 g/mol. The SMILES string of the molecule is Cc1c(C)c(C)c2c(c1C)Oc1cccc(Cl)c1O2. The zero-order chi connectivity index (χ0) is 13.7. The molecule has 0 amide bonds. The summed E-state index contributed by atoms with van der Waals surface area (Å²) in [6.45, 7) is 8.31. The number of halogens is 1. The molecule has 1 aliphatic heterocycles. The smallest absolute Gasteiger partial charge is 0.188 e. The average Bonchev–Trinajstić information content (AvgIpc) is 2.42. The molecule has 0 radical (unpaired) electrons. The van der Waals surface area contributed by atoms with E-state index in [-0.39, 0.29) is 0 Å². The van der Waals surface area contributed by atoms with Crippen molar-refractivity contribution >= 4 is 11.6 Å². The first-order valence-electron chi connectivity index (χ1n) is 6.25. The molecule has 0 aromatic heterocycles. The molecule has 19 heavy (non-hydrogen) atoms. The van der Waals surface area contributed by atoms with Gasteiger partial charge in [-0.25, -0.2) is 0 Å². The standard InChI is InChI=1S/C16H15ClO2/c1-8-9(2)11(4)15-14(10(8)3)18-13-7-5-6-12(17)16(13)19-15/h5-7H,1-4H3. The third kappa shape index (κ3) is 1.71. The number of para-hydroxylation sites is 1. The summed E-state index contributed by atoms with van der Waals surface area (Å²) >= 11 is 6.17. The number of hydrogen-bond acceptors (Lipinski definition) is 2. The Kier molecular flexibility index (Phi) is 2.72. The van der Waals surface area contributed by atoms with E-state index in [0.29, 0.717) is 16.5 Å². The number of ether oxygens (including phenoxy) is 2. The first-order valence-corrected chi connectivity index (χ1v) is 6.63. The van der Waals surface area contributed by atoms with Crippen molar-refractivity contribution in [1.82, 2.24) is 0 Å². The van der Waals surface area contributed by atoms with Crippen LogP contribution in [0, 0.1) is 27.7 Å². The molecule has 0 aliphatic carbocycles. The van der Waals surface area contributed by atoms with Gasteiger partial charge in [0.1, 0.15) is 0 Å². The summed E-state index contributed by atoms with van der Waals surface area (Å²) in [7, 11) is 0. The van der Waals surface area contributed by atoms with Crippen LogP contribution in [-0.4, -0.2) is 0 Å². The molecule has 1 heterocycles. The van der Waals surface area contributed by atoms with Gasteiger partial charge in [-0.2, -0.15) is 0 Å². The fourth-order valence-corrected chi connectivity index (χ4v) is 2.57. The lowest BCUT2D eigenvalue weighted by Crippen LogP contribution is -2.05. The van der Waals surface area contributed by atoms with Gasteiger partial charge in [0.15, 0.2) is 23.0 Å². The first-order chi connectivity index (χ1) is 9.00. The van der Waals surface area contributed by atoms with Crippen molar-refractivity contribution in [2.24, 2.45) is 0 Å². The van der Waals surface area contributed by atoms with Gasteiger partial charge in [0.25, 0.3) is 0 Å². The molecule has 1 aliphatic rings. The van der Waals surface area contributed by atoms with Crippen molar-refractivity contribution < 1.29 is 9.47 Å². The summed E-state index contributed by atoms with van der Waals surface area (Å²) in [6, 6.07) is 5.53. The van der Waals surface area contributed by atoms with Crippen LogP contribution in [0.5, 0.6) is 23.0 Å². The summed E-state index contributed by atoms with van der Waals surface area (Å²) in [4.78, 5) is 0. The minimum Gasteiger partial charge on any atom is -0.449 e. The van der Waals surface area contributed by atoms with Crippen LogP contribution in [0.4, 0.5) is 0 Å². The summed E-state index contributed by atoms with van der Waals surface area (Å²) < 4.78 is 12.0. The van der Waals surface area contributed by atoms with Gasteiger partial charge >= 0.3 is 0 Å². The molecule has 3 rings (SSSR count). The zero-order valence-electron chi connectivity index (χ0n) is 11.4. The molecule has 0 fully saturated rings. The van der Waals surface area contributed by atoms with Gasteiger partial charge in [-0.05, 0) is 62.1 Å². The second-order valence-electron chi connectivity index (χ2n) is 4.93. The first kappa shape index (κ1) is 12.4. The second-order valence-corrected chi connectivity index (χ2v) is 5.34. The molecule has 0 spiro atoms. The number of fused-ring (bicyclic) bond motifs is 2. The van der Waals surface area contributed by atoms with Gasteiger partial charge in [-0.15, -0.1) is 0 Å². The van der Waals surface area contributed by atoms with E-state index < -0.39 is 0 Å². The molecule has 0 bridgehead atoms. The lowest BCUT2D eigenvalue weighted by atomic mass is 9.97. The Morgan fingerprint density at radius 1 is 0.737 bits per heavy atom. The molecule has 0 N–H and O–H groups in total. The van der Waals surface area contributed by atoms with Crippen LogP contribution in [0.3, 0.4) is 0 Å². The molecule has 2 nitrogen and oxygen atoms in total. The zero-order valence-corrected chi connectivity index (χ0v) is 12.2. The molecule has 98 valence electrons. The molecule has 0 saturated carbocycles. The predicted octanol–water partition coefficient (Wildman–Crippen LogP) is 5.47. The molecular formula is C16H15ClO2. The quantitative estimate of drug-likeness (QED) is 0.541. The Morgan fingerprint density at radius 2 is 1.32 bits per heavy atom. The fraction of sp³-hybridized carbons (Fsp3) is 0.250. The van der Waals surface area contributed by atoms with Gasteiger partial charge in [-0.1, -0.05) is 17.7 Å². The van der Waals surface area contributed by atoms with Crippen molar-refractivity contribution in [1.29, 1.82) is 0 Å². The maximum Gasteiger partial charge on any atom is 0.188 e. The maximum atomic E-state index is 6.17. The Labute approximate surface area is 117 Å². The van der Waals surface area contributed by atoms with Gasteiger partial charge in [0, 0.05) is 0 Å². The van der Waals surface area contributed by atoms with Crippen molar-refractivity contribution in [3.63, 3.8) is 0 Å². The lowest BCUT2D eigenvalue weighted by molar-refractivity contribution is 0.355. The second kappa shape index (κ2) is 4.17. The van der Waals surface area contributed by atoms with Crippen molar-refractivity contribution in [2.45, 2.75) is 27.7 Å². The minimum absolute atomic E-state index is 0.568. The van der Waals surface area contributed by atoms with Gasteiger partial charge in [0.05, 0.1) is 5.02 Å². The topological polar surface area (TPSA) is 18.5 Å². The van der Waals surface area contributed by atoms with Crippen molar-refractivity contribution in [3.8, 4) is 23.0 Å². The lowest BCUT2D eigenvalue weighted by Gasteiger charge is -2.26. The summed E-state index contributed by atoms with van der Waals surface area (Å²) in [5, 5.41) is 0.568. The normalized spacial score (nSPS) is 12.3. The molecule has 0 unspecified atom stereocenters. The number of rotatable bonds is 0. The Bertz CT molecular complexity index is 690. The predicted molar refractivity (Wildman–Crippen MR) is 77.0 cm³/mol. The van der Waals surface area contributed by atoms with Crippen LogP contribution < -0.4 is 9.47 Å². The van der Waals surface area contributed by atoms with Gasteiger partial charge in [-0.3, -0.25) is 0 Å². The van der Waals surface area contributed by atoms with E-state index >= 15 is 0 Å². The van der Waals surface area contributed by atoms with E-state index in [2.05, 4.69) is 20.8 Å². The Morgan fingerprint density at radius 3 is 1.95 bits per heavy atom. The van der Waals surface area contributed by atoms with Crippen LogP contribution in [0.25, 0.3) is 0 Å². The van der Waals surface area contributed by atoms with Crippen molar-refractivity contribution in [2.75, 3.05) is 0 Å². The Balaban J connectivity index is 2.26. The van der Waals surface area contributed by atoms with Crippen LogP contribution in [0.2, 0.25) is 5.02 Å². The van der Waals surface area contributed by atoms with E-state index in [4.69, 9.17) is 21.1 Å². The number of hydrogen-bond donors (Lipinski definition) is 0. The van der Waals surface area contributed by atoms with E-state index in [1.807, 2.05) is 19.1 Å². The van der Waals surface area contributed by atoms with E-state index in [1.165, 1.54) is 11.1 Å². The summed E-state index contributed by atoms with van der Waals surface area (Å²) in [6.07, 6.45) is 0. The van der Waals surface area contributed by atoms with E-state index in [9.17, 15) is 0 Å². The van der Waals surface area contributed by atoms with Gasteiger partial charge in [0.2, 0.25) is 0 Å². The molecule has 2 aromatic rings. The maximum absolute atomic E-state index is 6.17. The Hall–Kier alpha value is -1.67. The van der Waals surface area contributed by atoms with Gasteiger partial charge < -0.3 is 9.47 Å². The van der Waals surface area contributed by atoms with E-state index in [0.717, 1.165) is 22.6 Å². The molecule has 0 atom stereocenters. The number of benzene rings is 2. The van der Waals surface area contributed by atoms with Crippen LogP contribution in [0.15, 0.2) is 18.2 Å². The highest BCUT2D eigenvalue weighted by molar-refractivity contribution is 6.32. The third-order valence-corrected chi connectivity index (χ3v) is 4.22. The fourth-order valence-electron chi connectivity index (χ4n) is 2.37. The van der Waals surface area contributed by atoms with E-state index in [1.54, 1.807) is 6.07 Å². The summed E-state index contributed by atoms with van der Waals surface area (Å²) in [5.74, 6) is 2.85. The average molecular weight is 275 g/mol. The molecule has 0 saturated heterocycles. The summed E-state index contributed by atoms with van der Waals surface area (Å²) in [5.41, 5.74) is 4.69. The molecule has 3 heteroatoms. The monoisotopic (exact) mass is 274 g/mol. The minimum atomic E-state index is 0.568. The van der Waals surface area contributed by atoms with Crippen LogP contribution in [-0.2, 0) is 0 Å². The highest BCUT2D eigenvalue weighted by atomic mass is 35.5. The largest absolute Gasteiger partial charge is 0.449 e. The third-order valence-electron chi connectivity index (χ3n) is 3.92. The van der Waals surface area contributed by atoms with Crippen LogP contribution in [0.1, 0.15) is 22.3 Å². The molecule has 2 aromatic carbocycles. The highest BCUT2D eigenvalue weighted by Gasteiger charge is 2.26. The highest BCUT2D eigenvalue weighted by Crippen LogP contribution is 2.52. The van der Waals surface area contributed by atoms with Crippen LogP contribution >= 0.6 is 11.6 Å².